The van der Waals surface area contributed by atoms with E-state index in [1.165, 1.54) is 0 Å². The maximum atomic E-state index is 13.4. The molecule has 0 aromatic heterocycles. The first-order chi connectivity index (χ1) is 13.8. The van der Waals surface area contributed by atoms with Crippen LogP contribution in [0.25, 0.3) is 0 Å². The molecule has 29 heavy (non-hydrogen) atoms. The molecule has 3 atom stereocenters. The number of ether oxygens (including phenoxy) is 2. The number of nitrogens with zero attached hydrogens (tertiary/aromatic N) is 2. The zero-order valence-electron chi connectivity index (χ0n) is 17.4. The number of piperidine rings is 1. The van der Waals surface area contributed by atoms with E-state index in [9.17, 15) is 8.42 Å². The van der Waals surface area contributed by atoms with Gasteiger partial charge in [0.15, 0.2) is 0 Å². The summed E-state index contributed by atoms with van der Waals surface area (Å²) in [7, 11) is -1.91. The number of benzene rings is 1. The number of rotatable bonds is 7. The standard InChI is InChI=1S/C20H32BrN3O4S/c1-15-12-18(27-3)6-8-24(15)29(25,26)20-5-4-17(21)13-19(20)22-7-9-23-10-11-28-16(2)14-23/h4-5,13,15-16,18,22H,6-12,14H2,1-3H3/t15-,16?,18-/m1/s1. The molecule has 2 saturated heterocycles. The summed E-state index contributed by atoms with van der Waals surface area (Å²) in [5, 5.41) is 3.35. The molecular formula is C20H32BrN3O4S. The van der Waals surface area contributed by atoms with Crippen LogP contribution in [0.5, 0.6) is 0 Å². The monoisotopic (exact) mass is 489 g/mol. The van der Waals surface area contributed by atoms with Crippen molar-refractivity contribution in [3.8, 4) is 0 Å². The van der Waals surface area contributed by atoms with Crippen molar-refractivity contribution in [1.29, 1.82) is 0 Å². The van der Waals surface area contributed by atoms with Gasteiger partial charge in [0.05, 0.1) is 24.5 Å². The van der Waals surface area contributed by atoms with Gasteiger partial charge in [0, 0.05) is 50.3 Å². The Morgan fingerprint density at radius 1 is 1.31 bits per heavy atom. The van der Waals surface area contributed by atoms with Crippen LogP contribution in [0.15, 0.2) is 27.6 Å². The van der Waals surface area contributed by atoms with E-state index in [0.717, 1.165) is 30.7 Å². The molecule has 0 saturated carbocycles. The van der Waals surface area contributed by atoms with Gasteiger partial charge in [0.25, 0.3) is 0 Å². The van der Waals surface area contributed by atoms with Crippen LogP contribution in [0.4, 0.5) is 5.69 Å². The lowest BCUT2D eigenvalue weighted by molar-refractivity contribution is -0.0166. The lowest BCUT2D eigenvalue weighted by Gasteiger charge is -2.36. The minimum Gasteiger partial charge on any atom is -0.383 e. The van der Waals surface area contributed by atoms with Crippen molar-refractivity contribution in [3.63, 3.8) is 0 Å². The first kappa shape index (κ1) is 23.0. The molecule has 0 aliphatic carbocycles. The number of sulfonamides is 1. The molecule has 7 nitrogen and oxygen atoms in total. The van der Waals surface area contributed by atoms with Gasteiger partial charge in [-0.15, -0.1) is 0 Å². The van der Waals surface area contributed by atoms with Gasteiger partial charge in [0.2, 0.25) is 10.0 Å². The zero-order chi connectivity index (χ0) is 21.0. The molecule has 0 bridgehead atoms. The number of morpholine rings is 1. The molecule has 1 N–H and O–H groups in total. The highest BCUT2D eigenvalue weighted by Gasteiger charge is 2.35. The Morgan fingerprint density at radius 2 is 2.10 bits per heavy atom. The summed E-state index contributed by atoms with van der Waals surface area (Å²) in [6.07, 6.45) is 1.79. The SMILES string of the molecule is CO[C@@H]1CCN(S(=O)(=O)c2ccc(Br)cc2NCCN2CCOC(C)C2)[C@H](C)C1. The van der Waals surface area contributed by atoms with Gasteiger partial charge >= 0.3 is 0 Å². The van der Waals surface area contributed by atoms with Crippen LogP contribution in [0.2, 0.25) is 0 Å². The number of hydrogen-bond donors (Lipinski definition) is 1. The fourth-order valence-electron chi connectivity index (χ4n) is 4.11. The summed E-state index contributed by atoms with van der Waals surface area (Å²) in [6, 6.07) is 5.23. The van der Waals surface area contributed by atoms with Gasteiger partial charge in [0.1, 0.15) is 4.90 Å². The lowest BCUT2D eigenvalue weighted by Crippen LogP contribution is -2.46. The normalized spacial score (nSPS) is 27.1. The Kier molecular flexibility index (Phi) is 7.97. The van der Waals surface area contributed by atoms with E-state index in [2.05, 4.69) is 33.1 Å². The van der Waals surface area contributed by atoms with Crippen molar-refractivity contribution < 1.29 is 17.9 Å². The van der Waals surface area contributed by atoms with Gasteiger partial charge in [-0.1, -0.05) is 15.9 Å². The molecule has 3 rings (SSSR count). The Labute approximate surface area is 182 Å². The minimum absolute atomic E-state index is 0.0926. The number of nitrogens with one attached hydrogen (secondary N) is 1. The van der Waals surface area contributed by atoms with E-state index in [-0.39, 0.29) is 18.2 Å². The van der Waals surface area contributed by atoms with Crippen LogP contribution in [0, 0.1) is 0 Å². The second-order valence-corrected chi connectivity index (χ2v) is 10.7. The van der Waals surface area contributed by atoms with Crippen molar-refractivity contribution in [2.45, 2.75) is 49.8 Å². The summed E-state index contributed by atoms with van der Waals surface area (Å²) < 4.78 is 40.3. The highest BCUT2D eigenvalue weighted by Crippen LogP contribution is 2.32. The largest absolute Gasteiger partial charge is 0.383 e. The van der Waals surface area contributed by atoms with Gasteiger partial charge in [-0.2, -0.15) is 4.31 Å². The molecule has 164 valence electrons. The van der Waals surface area contributed by atoms with Crippen LogP contribution in [-0.4, -0.2) is 82.3 Å². The molecule has 2 aliphatic heterocycles. The number of hydrogen-bond acceptors (Lipinski definition) is 6. The lowest BCUT2D eigenvalue weighted by atomic mass is 10.0. The van der Waals surface area contributed by atoms with E-state index in [1.54, 1.807) is 23.5 Å². The maximum absolute atomic E-state index is 13.4. The Bertz CT molecular complexity index is 792. The summed E-state index contributed by atoms with van der Waals surface area (Å²) in [6.45, 7) is 8.57. The summed E-state index contributed by atoms with van der Waals surface area (Å²) in [5.41, 5.74) is 0.641. The zero-order valence-corrected chi connectivity index (χ0v) is 19.8. The molecular weight excluding hydrogens is 458 g/mol. The van der Waals surface area contributed by atoms with Gasteiger partial charge in [-0.05, 0) is 44.9 Å². The first-order valence-corrected chi connectivity index (χ1v) is 12.5. The van der Waals surface area contributed by atoms with Crippen LogP contribution in [0.1, 0.15) is 26.7 Å². The smallest absolute Gasteiger partial charge is 0.245 e. The van der Waals surface area contributed by atoms with E-state index >= 15 is 0 Å². The molecule has 1 unspecified atom stereocenters. The third-order valence-corrected chi connectivity index (χ3v) is 8.26. The molecule has 9 heteroatoms. The van der Waals surface area contributed by atoms with Crippen molar-refractivity contribution >= 4 is 31.6 Å². The minimum atomic E-state index is -3.59. The summed E-state index contributed by atoms with van der Waals surface area (Å²) in [4.78, 5) is 2.67. The molecule has 1 aromatic rings. The third-order valence-electron chi connectivity index (χ3n) is 5.70. The second kappa shape index (κ2) is 10.1. The van der Waals surface area contributed by atoms with Crippen molar-refractivity contribution in [2.24, 2.45) is 0 Å². The van der Waals surface area contributed by atoms with Gasteiger partial charge < -0.3 is 14.8 Å². The van der Waals surface area contributed by atoms with Crippen LogP contribution in [0.3, 0.4) is 0 Å². The fraction of sp³-hybridized carbons (Fsp3) is 0.700. The molecule has 2 heterocycles. The van der Waals surface area contributed by atoms with Crippen molar-refractivity contribution in [3.05, 3.63) is 22.7 Å². The van der Waals surface area contributed by atoms with E-state index < -0.39 is 10.0 Å². The number of anilines is 1. The molecule has 2 fully saturated rings. The van der Waals surface area contributed by atoms with Crippen LogP contribution >= 0.6 is 15.9 Å². The molecule has 0 amide bonds. The fourth-order valence-corrected chi connectivity index (χ4v) is 6.28. The highest BCUT2D eigenvalue weighted by molar-refractivity contribution is 9.10. The summed E-state index contributed by atoms with van der Waals surface area (Å²) in [5.74, 6) is 0. The number of halogens is 1. The third kappa shape index (κ3) is 5.71. The topological polar surface area (TPSA) is 71.1 Å². The van der Waals surface area contributed by atoms with E-state index in [4.69, 9.17) is 9.47 Å². The summed E-state index contributed by atoms with van der Waals surface area (Å²) >= 11 is 3.47. The predicted octanol–water partition coefficient (Wildman–Crippen LogP) is 2.77. The second-order valence-electron chi connectivity index (χ2n) is 7.90. The Balaban J connectivity index is 1.72. The molecule has 0 radical (unpaired) electrons. The average molecular weight is 490 g/mol. The number of methoxy groups -OCH3 is 1. The Hall–Kier alpha value is -0.710. The van der Waals surface area contributed by atoms with Crippen molar-refractivity contribution in [2.75, 3.05) is 51.8 Å². The van der Waals surface area contributed by atoms with Crippen LogP contribution in [-0.2, 0) is 19.5 Å². The predicted molar refractivity (Wildman–Crippen MR) is 118 cm³/mol. The first-order valence-electron chi connectivity index (χ1n) is 10.2. The Morgan fingerprint density at radius 3 is 2.79 bits per heavy atom. The van der Waals surface area contributed by atoms with E-state index in [1.807, 2.05) is 13.0 Å². The average Bonchev–Trinajstić information content (AvgIpc) is 2.67. The van der Waals surface area contributed by atoms with Gasteiger partial charge in [-0.25, -0.2) is 8.42 Å². The van der Waals surface area contributed by atoms with Gasteiger partial charge in [-0.3, -0.25) is 4.90 Å². The quantitative estimate of drug-likeness (QED) is 0.634. The molecule has 0 spiro atoms. The van der Waals surface area contributed by atoms with Crippen LogP contribution < -0.4 is 5.32 Å². The molecule has 1 aromatic carbocycles. The highest BCUT2D eigenvalue weighted by atomic mass is 79.9. The van der Waals surface area contributed by atoms with E-state index in [0.29, 0.717) is 36.5 Å². The maximum Gasteiger partial charge on any atom is 0.245 e. The van der Waals surface area contributed by atoms with Crippen molar-refractivity contribution in [1.82, 2.24) is 9.21 Å². The molecule has 2 aliphatic rings.